The summed E-state index contributed by atoms with van der Waals surface area (Å²) in [4.78, 5) is 0. The number of aliphatic hydroxyl groups is 1. The van der Waals surface area contributed by atoms with Gasteiger partial charge in [0.15, 0.2) is 0 Å². The second kappa shape index (κ2) is 6.29. The molecule has 0 aromatic heterocycles. The molecule has 0 aliphatic heterocycles. The molecule has 1 unspecified atom stereocenters. The number of ether oxygens (including phenoxy) is 1. The third kappa shape index (κ3) is 3.33. The maximum absolute atomic E-state index is 10.4. The Morgan fingerprint density at radius 3 is 2.60 bits per heavy atom. The van der Waals surface area contributed by atoms with Gasteiger partial charge in [0, 0.05) is 11.4 Å². The maximum Gasteiger partial charge on any atom is 0.119 e. The molecule has 0 fully saturated rings. The Bertz CT molecular complexity index is 608. The second-order valence-corrected chi connectivity index (χ2v) is 5.44. The van der Waals surface area contributed by atoms with Crippen molar-refractivity contribution in [3.63, 3.8) is 0 Å². The Morgan fingerprint density at radius 2 is 1.90 bits per heavy atom. The van der Waals surface area contributed by atoms with Crippen LogP contribution in [0.3, 0.4) is 0 Å². The fourth-order valence-corrected chi connectivity index (χ4v) is 2.51. The summed E-state index contributed by atoms with van der Waals surface area (Å²) in [5.41, 5.74) is 3.96. The first kappa shape index (κ1) is 14.9. The Kier molecular flexibility index (Phi) is 4.69. The molecule has 0 aliphatic carbocycles. The summed E-state index contributed by atoms with van der Waals surface area (Å²) in [7, 11) is 1.64. The summed E-state index contributed by atoms with van der Waals surface area (Å²) >= 11 is 6.09. The van der Waals surface area contributed by atoms with E-state index in [1.165, 1.54) is 0 Å². The molecule has 2 rings (SSSR count). The zero-order valence-electron chi connectivity index (χ0n) is 12.0. The molecule has 106 valence electrons. The lowest BCUT2D eigenvalue weighted by molar-refractivity contribution is 0.177. The first-order chi connectivity index (χ1) is 9.51. The minimum Gasteiger partial charge on any atom is -0.497 e. The SMILES string of the molecule is COc1cccc(CC(O)c2cc(C)c(Cl)cc2C)c1. The van der Waals surface area contributed by atoms with Gasteiger partial charge in [0.2, 0.25) is 0 Å². The smallest absolute Gasteiger partial charge is 0.119 e. The van der Waals surface area contributed by atoms with Gasteiger partial charge in [-0.15, -0.1) is 0 Å². The van der Waals surface area contributed by atoms with E-state index in [0.717, 1.165) is 33.0 Å². The number of hydrogen-bond donors (Lipinski definition) is 1. The van der Waals surface area contributed by atoms with E-state index in [1.54, 1.807) is 7.11 Å². The molecular weight excluding hydrogens is 272 g/mol. The van der Waals surface area contributed by atoms with Gasteiger partial charge >= 0.3 is 0 Å². The Hall–Kier alpha value is -1.51. The third-order valence-corrected chi connectivity index (χ3v) is 3.88. The summed E-state index contributed by atoms with van der Waals surface area (Å²) in [6.45, 7) is 3.92. The number of benzene rings is 2. The monoisotopic (exact) mass is 290 g/mol. The van der Waals surface area contributed by atoms with Crippen molar-refractivity contribution in [2.45, 2.75) is 26.4 Å². The summed E-state index contributed by atoms with van der Waals surface area (Å²) in [5, 5.41) is 11.2. The predicted molar refractivity (Wildman–Crippen MR) is 82.6 cm³/mol. The van der Waals surface area contributed by atoms with Crippen molar-refractivity contribution in [2.75, 3.05) is 7.11 Å². The average Bonchev–Trinajstić information content (AvgIpc) is 2.43. The minimum atomic E-state index is -0.543. The van der Waals surface area contributed by atoms with Crippen molar-refractivity contribution in [3.8, 4) is 5.75 Å². The summed E-state index contributed by atoms with van der Waals surface area (Å²) in [5.74, 6) is 0.804. The average molecular weight is 291 g/mol. The van der Waals surface area contributed by atoms with Crippen LogP contribution in [0.15, 0.2) is 36.4 Å². The molecule has 0 bridgehead atoms. The van der Waals surface area contributed by atoms with Crippen molar-refractivity contribution in [2.24, 2.45) is 0 Å². The number of rotatable bonds is 4. The molecule has 2 aromatic rings. The van der Waals surface area contributed by atoms with Gasteiger partial charge in [-0.1, -0.05) is 29.8 Å². The van der Waals surface area contributed by atoms with Crippen molar-refractivity contribution >= 4 is 11.6 Å². The summed E-state index contributed by atoms with van der Waals surface area (Å²) in [6.07, 6.45) is 0.0112. The van der Waals surface area contributed by atoms with Crippen LogP contribution in [0, 0.1) is 13.8 Å². The molecule has 0 saturated heterocycles. The van der Waals surface area contributed by atoms with Gasteiger partial charge in [-0.25, -0.2) is 0 Å². The van der Waals surface area contributed by atoms with E-state index in [2.05, 4.69) is 0 Å². The van der Waals surface area contributed by atoms with E-state index in [-0.39, 0.29) is 0 Å². The largest absolute Gasteiger partial charge is 0.497 e. The van der Waals surface area contributed by atoms with E-state index < -0.39 is 6.10 Å². The zero-order chi connectivity index (χ0) is 14.7. The molecule has 0 aliphatic rings. The summed E-state index contributed by atoms with van der Waals surface area (Å²) in [6, 6.07) is 11.6. The highest BCUT2D eigenvalue weighted by Crippen LogP contribution is 2.27. The first-order valence-electron chi connectivity index (χ1n) is 6.59. The number of aryl methyl sites for hydroxylation is 2. The number of halogens is 1. The minimum absolute atomic E-state index is 0.543. The van der Waals surface area contributed by atoms with Crippen molar-refractivity contribution in [3.05, 3.63) is 63.7 Å². The molecule has 0 heterocycles. The number of methoxy groups -OCH3 is 1. The van der Waals surface area contributed by atoms with E-state index >= 15 is 0 Å². The molecule has 2 aromatic carbocycles. The van der Waals surface area contributed by atoms with Crippen LogP contribution in [0.5, 0.6) is 5.75 Å². The molecule has 0 spiro atoms. The van der Waals surface area contributed by atoms with Gasteiger partial charge in [-0.3, -0.25) is 0 Å². The lowest BCUT2D eigenvalue weighted by atomic mass is 9.96. The lowest BCUT2D eigenvalue weighted by Gasteiger charge is -2.16. The fraction of sp³-hybridized carbons (Fsp3) is 0.294. The standard InChI is InChI=1S/C17H19ClO2/c1-11-8-16(18)12(2)7-15(11)17(19)10-13-5-4-6-14(9-13)20-3/h4-9,17,19H,10H2,1-3H3. The van der Waals surface area contributed by atoms with Crippen molar-refractivity contribution in [1.82, 2.24) is 0 Å². The second-order valence-electron chi connectivity index (χ2n) is 5.03. The lowest BCUT2D eigenvalue weighted by Crippen LogP contribution is -2.05. The molecule has 0 radical (unpaired) electrons. The highest BCUT2D eigenvalue weighted by molar-refractivity contribution is 6.31. The van der Waals surface area contributed by atoms with E-state index in [1.807, 2.05) is 50.2 Å². The van der Waals surface area contributed by atoms with Crippen LogP contribution < -0.4 is 4.74 Å². The Balaban J connectivity index is 2.23. The molecule has 0 amide bonds. The zero-order valence-corrected chi connectivity index (χ0v) is 12.7. The van der Waals surface area contributed by atoms with Gasteiger partial charge in [-0.2, -0.15) is 0 Å². The van der Waals surface area contributed by atoms with Gasteiger partial charge < -0.3 is 9.84 Å². The van der Waals surface area contributed by atoms with Gasteiger partial charge in [0.25, 0.3) is 0 Å². The van der Waals surface area contributed by atoms with E-state index in [9.17, 15) is 5.11 Å². The molecule has 1 atom stereocenters. The molecule has 2 nitrogen and oxygen atoms in total. The molecular formula is C17H19ClO2. The first-order valence-corrected chi connectivity index (χ1v) is 6.96. The quantitative estimate of drug-likeness (QED) is 0.912. The van der Waals surface area contributed by atoms with Crippen LogP contribution in [0.25, 0.3) is 0 Å². The van der Waals surface area contributed by atoms with Crippen LogP contribution in [0.4, 0.5) is 0 Å². The van der Waals surface area contributed by atoms with E-state index in [4.69, 9.17) is 16.3 Å². The number of hydrogen-bond acceptors (Lipinski definition) is 2. The van der Waals surface area contributed by atoms with Crippen molar-refractivity contribution in [1.29, 1.82) is 0 Å². The van der Waals surface area contributed by atoms with Crippen molar-refractivity contribution < 1.29 is 9.84 Å². The number of aliphatic hydroxyl groups excluding tert-OH is 1. The molecule has 0 saturated carbocycles. The fourth-order valence-electron chi connectivity index (χ4n) is 2.29. The Morgan fingerprint density at radius 1 is 1.15 bits per heavy atom. The van der Waals surface area contributed by atoms with Crippen LogP contribution in [-0.4, -0.2) is 12.2 Å². The summed E-state index contributed by atoms with van der Waals surface area (Å²) < 4.78 is 5.20. The van der Waals surface area contributed by atoms with Crippen LogP contribution in [0.1, 0.15) is 28.4 Å². The topological polar surface area (TPSA) is 29.5 Å². The molecule has 20 heavy (non-hydrogen) atoms. The van der Waals surface area contributed by atoms with Gasteiger partial charge in [0.1, 0.15) is 5.75 Å². The van der Waals surface area contributed by atoms with Crippen LogP contribution in [0.2, 0.25) is 5.02 Å². The third-order valence-electron chi connectivity index (χ3n) is 3.47. The van der Waals surface area contributed by atoms with E-state index in [0.29, 0.717) is 6.42 Å². The Labute approximate surface area is 125 Å². The molecule has 3 heteroatoms. The van der Waals surface area contributed by atoms with Crippen LogP contribution >= 0.6 is 11.6 Å². The van der Waals surface area contributed by atoms with Gasteiger partial charge in [0.05, 0.1) is 13.2 Å². The molecule has 1 N–H and O–H groups in total. The normalized spacial score (nSPS) is 12.2. The van der Waals surface area contributed by atoms with Crippen LogP contribution in [-0.2, 0) is 6.42 Å². The highest BCUT2D eigenvalue weighted by Gasteiger charge is 2.13. The van der Waals surface area contributed by atoms with Gasteiger partial charge in [-0.05, 0) is 54.3 Å². The predicted octanol–water partition coefficient (Wildman–Crippen LogP) is 4.24. The maximum atomic E-state index is 10.4. The highest BCUT2D eigenvalue weighted by atomic mass is 35.5.